The van der Waals surface area contributed by atoms with Gasteiger partial charge in [0.1, 0.15) is 0 Å². The number of amides is 2. The molecule has 1 N–H and O–H groups in total. The summed E-state index contributed by atoms with van der Waals surface area (Å²) in [5.41, 5.74) is 1.60. The van der Waals surface area contributed by atoms with Gasteiger partial charge < -0.3 is 24.4 Å². The molecule has 2 aromatic carbocycles. The first-order chi connectivity index (χ1) is 14.5. The molecule has 30 heavy (non-hydrogen) atoms. The van der Waals surface area contributed by atoms with Crippen molar-refractivity contribution in [2.75, 3.05) is 37.6 Å². The van der Waals surface area contributed by atoms with Crippen LogP contribution in [0.4, 0.5) is 11.4 Å². The SMILES string of the molecule is CCOC(=O)c1ccc(NC(=O)[C@H]2CC(=O)N(c3ccc(OC)c(OC)c3)C2)cc1. The fourth-order valence-electron chi connectivity index (χ4n) is 3.27. The standard InChI is InChI=1S/C22H24N2O6/c1-4-30-22(27)14-5-7-16(8-6-14)23-21(26)15-11-20(25)24(13-15)17-9-10-18(28-2)19(12-17)29-3/h5-10,12,15H,4,11,13H2,1-3H3,(H,23,26)/t15-/m0/s1. The Balaban J connectivity index is 1.66. The summed E-state index contributed by atoms with van der Waals surface area (Å²) in [7, 11) is 3.06. The van der Waals surface area contributed by atoms with E-state index in [0.29, 0.717) is 35.0 Å². The van der Waals surface area contributed by atoms with Crippen LogP contribution in [0.25, 0.3) is 0 Å². The second kappa shape index (κ2) is 9.30. The summed E-state index contributed by atoms with van der Waals surface area (Å²) < 4.78 is 15.5. The third kappa shape index (κ3) is 4.53. The van der Waals surface area contributed by atoms with E-state index in [9.17, 15) is 14.4 Å². The summed E-state index contributed by atoms with van der Waals surface area (Å²) in [5, 5.41) is 2.80. The quantitative estimate of drug-likeness (QED) is 0.703. The second-order valence-electron chi connectivity index (χ2n) is 6.73. The van der Waals surface area contributed by atoms with Gasteiger partial charge in [0.05, 0.1) is 32.3 Å². The maximum atomic E-state index is 12.7. The number of carbonyl (C=O) groups excluding carboxylic acids is 3. The molecular formula is C22H24N2O6. The van der Waals surface area contributed by atoms with Crippen LogP contribution in [-0.4, -0.2) is 45.2 Å². The van der Waals surface area contributed by atoms with Gasteiger partial charge in [-0.2, -0.15) is 0 Å². The van der Waals surface area contributed by atoms with Crippen molar-refractivity contribution in [3.8, 4) is 11.5 Å². The molecule has 0 aliphatic carbocycles. The number of benzene rings is 2. The van der Waals surface area contributed by atoms with E-state index in [1.165, 1.54) is 14.2 Å². The summed E-state index contributed by atoms with van der Waals surface area (Å²) in [6.07, 6.45) is 0.112. The molecule has 0 radical (unpaired) electrons. The molecule has 2 amide bonds. The van der Waals surface area contributed by atoms with E-state index in [1.807, 2.05) is 0 Å². The van der Waals surface area contributed by atoms with Crippen molar-refractivity contribution in [1.29, 1.82) is 0 Å². The Hall–Kier alpha value is -3.55. The Morgan fingerprint density at radius 2 is 1.77 bits per heavy atom. The van der Waals surface area contributed by atoms with E-state index in [4.69, 9.17) is 14.2 Å². The monoisotopic (exact) mass is 412 g/mol. The Kier molecular flexibility index (Phi) is 6.56. The van der Waals surface area contributed by atoms with Crippen molar-refractivity contribution in [3.63, 3.8) is 0 Å². The molecule has 1 saturated heterocycles. The molecule has 0 bridgehead atoms. The van der Waals surface area contributed by atoms with E-state index >= 15 is 0 Å². The minimum absolute atomic E-state index is 0.112. The lowest BCUT2D eigenvalue weighted by Gasteiger charge is -2.18. The molecule has 158 valence electrons. The lowest BCUT2D eigenvalue weighted by molar-refractivity contribution is -0.122. The van der Waals surface area contributed by atoms with Crippen molar-refractivity contribution in [2.45, 2.75) is 13.3 Å². The average molecular weight is 412 g/mol. The molecule has 1 fully saturated rings. The molecule has 3 rings (SSSR count). The normalized spacial score (nSPS) is 15.6. The van der Waals surface area contributed by atoms with E-state index in [1.54, 1.807) is 54.3 Å². The number of nitrogens with zero attached hydrogens (tertiary/aromatic N) is 1. The van der Waals surface area contributed by atoms with Gasteiger partial charge in [0, 0.05) is 30.4 Å². The van der Waals surface area contributed by atoms with Crippen LogP contribution in [0.1, 0.15) is 23.7 Å². The fraction of sp³-hybridized carbons (Fsp3) is 0.318. The first-order valence-corrected chi connectivity index (χ1v) is 9.57. The smallest absolute Gasteiger partial charge is 0.338 e. The predicted octanol–water partition coefficient (Wildman–Crippen LogP) is 2.87. The highest BCUT2D eigenvalue weighted by Gasteiger charge is 2.35. The van der Waals surface area contributed by atoms with Crippen molar-refractivity contribution in [3.05, 3.63) is 48.0 Å². The Morgan fingerprint density at radius 3 is 2.40 bits per heavy atom. The lowest BCUT2D eigenvalue weighted by atomic mass is 10.1. The zero-order valence-electron chi connectivity index (χ0n) is 17.1. The van der Waals surface area contributed by atoms with Crippen LogP contribution in [0.15, 0.2) is 42.5 Å². The average Bonchev–Trinajstić information content (AvgIpc) is 3.15. The van der Waals surface area contributed by atoms with Gasteiger partial charge in [-0.1, -0.05) is 0 Å². The van der Waals surface area contributed by atoms with Gasteiger partial charge in [-0.05, 0) is 43.3 Å². The van der Waals surface area contributed by atoms with Crippen molar-refractivity contribution < 1.29 is 28.6 Å². The van der Waals surface area contributed by atoms with Crippen LogP contribution in [0.3, 0.4) is 0 Å². The maximum Gasteiger partial charge on any atom is 0.338 e. The topological polar surface area (TPSA) is 94.2 Å². The van der Waals surface area contributed by atoms with Gasteiger partial charge in [-0.15, -0.1) is 0 Å². The van der Waals surface area contributed by atoms with Gasteiger partial charge >= 0.3 is 5.97 Å². The first kappa shape index (κ1) is 21.2. The summed E-state index contributed by atoms with van der Waals surface area (Å²) in [5.74, 6) is -0.223. The lowest BCUT2D eigenvalue weighted by Crippen LogP contribution is -2.28. The molecule has 2 aromatic rings. The van der Waals surface area contributed by atoms with Gasteiger partial charge in [-0.25, -0.2) is 4.79 Å². The van der Waals surface area contributed by atoms with Crippen molar-refractivity contribution >= 4 is 29.2 Å². The number of nitrogens with one attached hydrogen (secondary N) is 1. The zero-order chi connectivity index (χ0) is 21.7. The van der Waals surface area contributed by atoms with E-state index in [0.717, 1.165) is 0 Å². The number of carbonyl (C=O) groups is 3. The largest absolute Gasteiger partial charge is 0.493 e. The molecule has 0 aromatic heterocycles. The number of anilines is 2. The molecule has 8 nitrogen and oxygen atoms in total. The van der Waals surface area contributed by atoms with Crippen LogP contribution in [0.5, 0.6) is 11.5 Å². The van der Waals surface area contributed by atoms with E-state index in [-0.39, 0.29) is 24.8 Å². The molecule has 1 atom stereocenters. The Morgan fingerprint density at radius 1 is 1.07 bits per heavy atom. The molecule has 1 heterocycles. The van der Waals surface area contributed by atoms with Crippen LogP contribution in [0, 0.1) is 5.92 Å². The molecule has 1 aliphatic heterocycles. The number of hydrogen-bond donors (Lipinski definition) is 1. The van der Waals surface area contributed by atoms with E-state index in [2.05, 4.69) is 5.32 Å². The molecule has 8 heteroatoms. The van der Waals surface area contributed by atoms with Crippen LogP contribution >= 0.6 is 0 Å². The van der Waals surface area contributed by atoms with Gasteiger partial charge in [0.2, 0.25) is 11.8 Å². The third-order valence-corrected chi connectivity index (χ3v) is 4.84. The van der Waals surface area contributed by atoms with Gasteiger partial charge in [-0.3, -0.25) is 9.59 Å². The first-order valence-electron chi connectivity index (χ1n) is 9.57. The fourth-order valence-corrected chi connectivity index (χ4v) is 3.27. The summed E-state index contributed by atoms with van der Waals surface area (Å²) >= 11 is 0. The number of rotatable bonds is 7. The molecule has 1 aliphatic rings. The maximum absolute atomic E-state index is 12.7. The Labute approximate surface area is 174 Å². The second-order valence-corrected chi connectivity index (χ2v) is 6.73. The molecule has 0 unspecified atom stereocenters. The van der Waals surface area contributed by atoms with Crippen LogP contribution in [0.2, 0.25) is 0 Å². The molecule has 0 saturated carbocycles. The minimum Gasteiger partial charge on any atom is -0.493 e. The Bertz CT molecular complexity index is 941. The highest BCUT2D eigenvalue weighted by atomic mass is 16.5. The predicted molar refractivity (Wildman–Crippen MR) is 111 cm³/mol. The van der Waals surface area contributed by atoms with E-state index < -0.39 is 11.9 Å². The summed E-state index contributed by atoms with van der Waals surface area (Å²) in [6.45, 7) is 2.30. The van der Waals surface area contributed by atoms with Gasteiger partial charge in [0.25, 0.3) is 0 Å². The number of methoxy groups -OCH3 is 2. The zero-order valence-corrected chi connectivity index (χ0v) is 17.1. The number of ether oxygens (including phenoxy) is 3. The number of hydrogen-bond acceptors (Lipinski definition) is 6. The van der Waals surface area contributed by atoms with Crippen molar-refractivity contribution in [2.24, 2.45) is 5.92 Å². The number of esters is 1. The third-order valence-electron chi connectivity index (χ3n) is 4.84. The van der Waals surface area contributed by atoms with Crippen molar-refractivity contribution in [1.82, 2.24) is 0 Å². The van der Waals surface area contributed by atoms with Gasteiger partial charge in [0.15, 0.2) is 11.5 Å². The van der Waals surface area contributed by atoms with Crippen LogP contribution in [-0.2, 0) is 14.3 Å². The molecule has 0 spiro atoms. The highest BCUT2D eigenvalue weighted by molar-refractivity contribution is 6.03. The highest BCUT2D eigenvalue weighted by Crippen LogP contribution is 2.34. The molecular weight excluding hydrogens is 388 g/mol. The summed E-state index contributed by atoms with van der Waals surface area (Å²) in [4.78, 5) is 38.4. The van der Waals surface area contributed by atoms with Crippen LogP contribution < -0.4 is 19.7 Å². The minimum atomic E-state index is -0.490. The summed E-state index contributed by atoms with van der Waals surface area (Å²) in [6, 6.07) is 11.6.